The summed E-state index contributed by atoms with van der Waals surface area (Å²) in [5.41, 5.74) is 1.15. The zero-order chi connectivity index (χ0) is 19.7. The fourth-order valence-corrected chi connectivity index (χ4v) is 4.65. The van der Waals surface area contributed by atoms with Crippen LogP contribution in [0.5, 0.6) is 0 Å². The predicted molar refractivity (Wildman–Crippen MR) is 113 cm³/mol. The van der Waals surface area contributed by atoms with Crippen LogP contribution in [0.2, 0.25) is 0 Å². The number of hydrogen-bond acceptors (Lipinski definition) is 2. The third-order valence-electron chi connectivity index (χ3n) is 5.62. The van der Waals surface area contributed by atoms with Gasteiger partial charge >= 0.3 is 0 Å². The summed E-state index contributed by atoms with van der Waals surface area (Å²) in [6, 6.07) is 18.4. The maximum absolute atomic E-state index is 13.2. The molecular formula is C23H28BrNO2. The molecule has 1 N–H and O–H groups in total. The second-order valence-corrected chi connectivity index (χ2v) is 9.29. The van der Waals surface area contributed by atoms with E-state index in [1.165, 1.54) is 0 Å². The largest absolute Gasteiger partial charge is 0.390 e. The van der Waals surface area contributed by atoms with E-state index in [0.29, 0.717) is 19.4 Å². The van der Waals surface area contributed by atoms with Gasteiger partial charge < -0.3 is 10.0 Å². The van der Waals surface area contributed by atoms with E-state index >= 15 is 0 Å². The summed E-state index contributed by atoms with van der Waals surface area (Å²) in [6.45, 7) is 6.45. The van der Waals surface area contributed by atoms with E-state index < -0.39 is 5.60 Å². The highest BCUT2D eigenvalue weighted by Crippen LogP contribution is 2.43. The molecule has 1 fully saturated rings. The standard InChI is InChI=1S/C23H28BrNO2/c1-17(18-9-11-20(24)12-10-18)25-14-13-23(15-21(25)26,16-22(2,3)27)19-7-5-4-6-8-19/h4-12,17,27H,13-16H2,1-3H3/t17-,23?/m0/s1. The third kappa shape index (κ3) is 4.61. The second-order valence-electron chi connectivity index (χ2n) is 8.38. The lowest BCUT2D eigenvalue weighted by Gasteiger charge is -2.46. The van der Waals surface area contributed by atoms with E-state index in [1.807, 2.05) is 49.1 Å². The zero-order valence-corrected chi connectivity index (χ0v) is 17.9. The number of rotatable bonds is 5. The number of halogens is 1. The van der Waals surface area contributed by atoms with Crippen LogP contribution in [0, 0.1) is 0 Å². The highest BCUT2D eigenvalue weighted by atomic mass is 79.9. The molecular weight excluding hydrogens is 402 g/mol. The van der Waals surface area contributed by atoms with Crippen LogP contribution in [0.25, 0.3) is 0 Å². The van der Waals surface area contributed by atoms with E-state index in [4.69, 9.17) is 0 Å². The minimum atomic E-state index is -0.824. The topological polar surface area (TPSA) is 40.5 Å². The Hall–Kier alpha value is -1.65. The van der Waals surface area contributed by atoms with Crippen LogP contribution in [0.15, 0.2) is 59.1 Å². The van der Waals surface area contributed by atoms with Gasteiger partial charge in [-0.15, -0.1) is 0 Å². The number of aliphatic hydroxyl groups is 1. The molecule has 27 heavy (non-hydrogen) atoms. The molecule has 3 nitrogen and oxygen atoms in total. The van der Waals surface area contributed by atoms with Crippen molar-refractivity contribution in [2.75, 3.05) is 6.54 Å². The molecule has 2 aromatic rings. The number of likely N-dealkylation sites (tertiary alicyclic amines) is 1. The number of hydrogen-bond donors (Lipinski definition) is 1. The smallest absolute Gasteiger partial charge is 0.223 e. The molecule has 2 atom stereocenters. The van der Waals surface area contributed by atoms with Crippen molar-refractivity contribution in [1.82, 2.24) is 4.90 Å². The molecule has 1 saturated heterocycles. The van der Waals surface area contributed by atoms with Gasteiger partial charge in [-0.3, -0.25) is 4.79 Å². The average Bonchev–Trinajstić information content (AvgIpc) is 2.61. The van der Waals surface area contributed by atoms with E-state index in [1.54, 1.807) is 0 Å². The number of benzene rings is 2. The molecule has 1 unspecified atom stereocenters. The Bertz CT molecular complexity index is 782. The van der Waals surface area contributed by atoms with E-state index in [2.05, 4.69) is 47.1 Å². The van der Waals surface area contributed by atoms with Crippen LogP contribution >= 0.6 is 15.9 Å². The van der Waals surface area contributed by atoms with Crippen LogP contribution in [0.3, 0.4) is 0 Å². The van der Waals surface area contributed by atoms with Crippen molar-refractivity contribution in [3.8, 4) is 0 Å². The van der Waals surface area contributed by atoms with Crippen molar-refractivity contribution in [3.63, 3.8) is 0 Å². The van der Waals surface area contributed by atoms with Crippen LogP contribution in [-0.4, -0.2) is 28.1 Å². The van der Waals surface area contributed by atoms with E-state index in [9.17, 15) is 9.90 Å². The fourth-order valence-electron chi connectivity index (χ4n) is 4.39. The summed E-state index contributed by atoms with van der Waals surface area (Å²) in [7, 11) is 0. The van der Waals surface area contributed by atoms with Crippen molar-refractivity contribution >= 4 is 21.8 Å². The molecule has 144 valence electrons. The van der Waals surface area contributed by atoms with Crippen LogP contribution < -0.4 is 0 Å². The van der Waals surface area contributed by atoms with Gasteiger partial charge in [-0.05, 0) is 56.9 Å². The average molecular weight is 430 g/mol. The number of amides is 1. The van der Waals surface area contributed by atoms with Gasteiger partial charge in [-0.2, -0.15) is 0 Å². The lowest BCUT2D eigenvalue weighted by atomic mass is 9.66. The SMILES string of the molecule is C[C@@H](c1ccc(Br)cc1)N1CCC(CC(C)(C)O)(c2ccccc2)CC1=O. The van der Waals surface area contributed by atoms with Gasteiger partial charge in [0.2, 0.25) is 5.91 Å². The third-order valence-corrected chi connectivity index (χ3v) is 6.15. The predicted octanol–water partition coefficient (Wildman–Crippen LogP) is 5.23. The van der Waals surface area contributed by atoms with Crippen LogP contribution in [-0.2, 0) is 10.2 Å². The molecule has 0 bridgehead atoms. The molecule has 1 aliphatic heterocycles. The maximum Gasteiger partial charge on any atom is 0.223 e. The quantitative estimate of drug-likeness (QED) is 0.706. The first-order chi connectivity index (χ1) is 12.7. The molecule has 4 heteroatoms. The van der Waals surface area contributed by atoms with Crippen LogP contribution in [0.4, 0.5) is 0 Å². The normalized spacial score (nSPS) is 22.0. The first-order valence-corrected chi connectivity index (χ1v) is 10.3. The van der Waals surface area contributed by atoms with Gasteiger partial charge in [-0.25, -0.2) is 0 Å². The molecule has 3 rings (SSSR count). The molecule has 2 aromatic carbocycles. The molecule has 1 heterocycles. The minimum absolute atomic E-state index is 0.0431. The number of piperidine rings is 1. The van der Waals surface area contributed by atoms with Gasteiger partial charge in [0.15, 0.2) is 0 Å². The lowest BCUT2D eigenvalue weighted by Crippen LogP contribution is -2.49. The Labute approximate surface area is 170 Å². The molecule has 0 saturated carbocycles. The van der Waals surface area contributed by atoms with Crippen LogP contribution in [0.1, 0.15) is 57.2 Å². The number of nitrogens with zero attached hydrogens (tertiary/aromatic N) is 1. The summed E-state index contributed by atoms with van der Waals surface area (Å²) in [6.07, 6.45) is 1.87. The summed E-state index contributed by atoms with van der Waals surface area (Å²) in [5.74, 6) is 0.157. The lowest BCUT2D eigenvalue weighted by molar-refractivity contribution is -0.139. The van der Waals surface area contributed by atoms with E-state index in [-0.39, 0.29) is 17.4 Å². The van der Waals surface area contributed by atoms with Gasteiger partial charge in [0, 0.05) is 22.9 Å². The monoisotopic (exact) mass is 429 g/mol. The second kappa shape index (κ2) is 7.76. The van der Waals surface area contributed by atoms with Crippen molar-refractivity contribution < 1.29 is 9.90 Å². The Morgan fingerprint density at radius 1 is 1.15 bits per heavy atom. The summed E-state index contributed by atoms with van der Waals surface area (Å²) in [5, 5.41) is 10.5. The molecule has 1 amide bonds. The van der Waals surface area contributed by atoms with Gasteiger partial charge in [0.05, 0.1) is 11.6 Å². The zero-order valence-electron chi connectivity index (χ0n) is 16.3. The molecule has 0 aliphatic carbocycles. The first-order valence-electron chi connectivity index (χ1n) is 9.53. The van der Waals surface area contributed by atoms with Crippen molar-refractivity contribution in [2.45, 2.75) is 57.1 Å². The Morgan fingerprint density at radius 2 is 1.78 bits per heavy atom. The Morgan fingerprint density at radius 3 is 2.33 bits per heavy atom. The Kier molecular flexibility index (Phi) is 5.78. The van der Waals surface area contributed by atoms with Gasteiger partial charge in [0.1, 0.15) is 0 Å². The number of carbonyl (C=O) groups is 1. The number of carbonyl (C=O) groups excluding carboxylic acids is 1. The minimum Gasteiger partial charge on any atom is -0.390 e. The van der Waals surface area contributed by atoms with Crippen molar-refractivity contribution in [2.24, 2.45) is 0 Å². The highest BCUT2D eigenvalue weighted by Gasteiger charge is 2.44. The van der Waals surface area contributed by atoms with E-state index in [0.717, 1.165) is 22.0 Å². The van der Waals surface area contributed by atoms with Crippen molar-refractivity contribution in [3.05, 3.63) is 70.2 Å². The highest BCUT2D eigenvalue weighted by molar-refractivity contribution is 9.10. The van der Waals surface area contributed by atoms with Gasteiger partial charge in [-0.1, -0.05) is 58.4 Å². The maximum atomic E-state index is 13.2. The fraction of sp³-hybridized carbons (Fsp3) is 0.435. The molecule has 1 aliphatic rings. The summed E-state index contributed by atoms with van der Waals surface area (Å²) < 4.78 is 1.04. The molecule has 0 aromatic heterocycles. The molecule has 0 spiro atoms. The summed E-state index contributed by atoms with van der Waals surface area (Å²) in [4.78, 5) is 15.2. The Balaban J connectivity index is 1.85. The molecule has 0 radical (unpaired) electrons. The first kappa shape index (κ1) is 20.1. The summed E-state index contributed by atoms with van der Waals surface area (Å²) >= 11 is 3.47. The van der Waals surface area contributed by atoms with Crippen molar-refractivity contribution in [1.29, 1.82) is 0 Å². The van der Waals surface area contributed by atoms with Gasteiger partial charge in [0.25, 0.3) is 0 Å².